The molecule has 3 rings (SSSR count). The third-order valence-electron chi connectivity index (χ3n) is 4.93. The molecule has 0 unspecified atom stereocenters. The lowest BCUT2D eigenvalue weighted by Gasteiger charge is -2.30. The summed E-state index contributed by atoms with van der Waals surface area (Å²) in [6.45, 7) is 2.42. The van der Waals surface area contributed by atoms with Crippen LogP contribution in [0.5, 0.6) is 0 Å². The van der Waals surface area contributed by atoms with Crippen molar-refractivity contribution in [1.29, 1.82) is 0 Å². The average molecular weight is 382 g/mol. The molecule has 6 heteroatoms. The Morgan fingerprint density at radius 3 is 2.14 bits per heavy atom. The molecule has 0 aliphatic carbocycles. The molecule has 0 bridgehead atoms. The van der Waals surface area contributed by atoms with E-state index in [-0.39, 0.29) is 18.7 Å². The van der Waals surface area contributed by atoms with E-state index in [1.165, 1.54) is 9.96 Å². The number of ether oxygens (including phenoxy) is 1. The van der Waals surface area contributed by atoms with E-state index < -0.39 is 12.0 Å². The normalized spacial score (nSPS) is 20.0. The van der Waals surface area contributed by atoms with E-state index in [1.54, 1.807) is 7.05 Å². The fourth-order valence-electron chi connectivity index (χ4n) is 3.19. The largest absolute Gasteiger partial charge is 0.459 e. The van der Waals surface area contributed by atoms with Crippen LogP contribution in [0.1, 0.15) is 30.9 Å². The number of rotatable bonds is 6. The predicted molar refractivity (Wildman–Crippen MR) is 105 cm³/mol. The van der Waals surface area contributed by atoms with E-state index in [1.807, 2.05) is 67.6 Å². The number of amides is 2. The van der Waals surface area contributed by atoms with Gasteiger partial charge in [0.1, 0.15) is 19.3 Å². The minimum absolute atomic E-state index is 0.134. The lowest BCUT2D eigenvalue weighted by atomic mass is 10.1. The molecule has 2 aromatic rings. The smallest absolute Gasteiger partial charge is 0.344 e. The minimum atomic E-state index is -0.621. The second-order valence-electron chi connectivity index (χ2n) is 7.01. The molecule has 148 valence electrons. The second kappa shape index (κ2) is 9.37. The molecule has 2 atom stereocenters. The number of hydroxylamine groups is 2. The number of esters is 1. The Labute approximate surface area is 165 Å². The molecule has 0 N–H and O–H groups in total. The molecule has 6 nitrogen and oxygen atoms in total. The van der Waals surface area contributed by atoms with Gasteiger partial charge in [-0.05, 0) is 30.9 Å². The summed E-state index contributed by atoms with van der Waals surface area (Å²) in [5.41, 5.74) is 1.90. The van der Waals surface area contributed by atoms with Crippen LogP contribution in [-0.2, 0) is 27.6 Å². The first-order valence-corrected chi connectivity index (χ1v) is 9.49. The average Bonchev–Trinajstić information content (AvgIpc) is 2.83. The summed E-state index contributed by atoms with van der Waals surface area (Å²) in [6, 6.07) is 18.1. The summed E-state index contributed by atoms with van der Waals surface area (Å²) >= 11 is 0. The van der Waals surface area contributed by atoms with Gasteiger partial charge in [-0.25, -0.2) is 9.59 Å². The van der Waals surface area contributed by atoms with E-state index in [4.69, 9.17) is 9.57 Å². The highest BCUT2D eigenvalue weighted by molar-refractivity contribution is 5.83. The summed E-state index contributed by atoms with van der Waals surface area (Å²) in [5.74, 6) is -0.392. The Kier molecular flexibility index (Phi) is 6.66. The van der Waals surface area contributed by atoms with Crippen molar-refractivity contribution < 1.29 is 19.2 Å². The molecule has 0 aromatic heterocycles. The van der Waals surface area contributed by atoms with Gasteiger partial charge in [-0.1, -0.05) is 60.7 Å². The Balaban J connectivity index is 1.61. The van der Waals surface area contributed by atoms with Crippen LogP contribution in [0.25, 0.3) is 0 Å². The van der Waals surface area contributed by atoms with E-state index in [0.29, 0.717) is 19.4 Å². The zero-order valence-electron chi connectivity index (χ0n) is 16.3. The number of hydrogen-bond donors (Lipinski definition) is 0. The second-order valence-corrected chi connectivity index (χ2v) is 7.01. The quantitative estimate of drug-likeness (QED) is 0.714. The van der Waals surface area contributed by atoms with Crippen LogP contribution >= 0.6 is 0 Å². The Bertz CT molecular complexity index is 782. The molecular weight excluding hydrogens is 356 g/mol. The maximum absolute atomic E-state index is 12.9. The molecule has 1 fully saturated rings. The Hall–Kier alpha value is -2.86. The summed E-state index contributed by atoms with van der Waals surface area (Å²) in [6.07, 6.45) is 1.18. The standard InChI is InChI=1S/C22H26N2O4/c1-17-13-14-20(21(25)27-15-18-9-5-3-6-10-18)23(2)22(26)24(17)28-16-19-11-7-4-8-12-19/h3-12,17,20H,13-16H2,1-2H3/t17-,20-/m0/s1. The lowest BCUT2D eigenvalue weighted by molar-refractivity contribution is -0.158. The van der Waals surface area contributed by atoms with Gasteiger partial charge in [-0.2, -0.15) is 5.06 Å². The number of hydrogen-bond acceptors (Lipinski definition) is 4. The number of carbonyl (C=O) groups is 2. The third kappa shape index (κ3) is 4.89. The zero-order valence-corrected chi connectivity index (χ0v) is 16.3. The minimum Gasteiger partial charge on any atom is -0.459 e. The first kappa shape index (κ1) is 19.9. The summed E-state index contributed by atoms with van der Waals surface area (Å²) in [5, 5.41) is 1.37. The van der Waals surface area contributed by atoms with Crippen molar-refractivity contribution >= 4 is 12.0 Å². The van der Waals surface area contributed by atoms with Crippen molar-refractivity contribution in [3.05, 3.63) is 71.8 Å². The van der Waals surface area contributed by atoms with Crippen molar-refractivity contribution in [2.45, 2.75) is 45.1 Å². The van der Waals surface area contributed by atoms with Gasteiger partial charge >= 0.3 is 12.0 Å². The van der Waals surface area contributed by atoms with Crippen LogP contribution in [0.2, 0.25) is 0 Å². The van der Waals surface area contributed by atoms with Gasteiger partial charge in [0, 0.05) is 7.05 Å². The van der Waals surface area contributed by atoms with Crippen LogP contribution in [0, 0.1) is 0 Å². The first-order chi connectivity index (χ1) is 13.6. The predicted octanol–water partition coefficient (Wildman–Crippen LogP) is 3.77. The molecule has 1 saturated heterocycles. The van der Waals surface area contributed by atoms with Gasteiger partial charge in [0.25, 0.3) is 0 Å². The van der Waals surface area contributed by atoms with E-state index in [9.17, 15) is 9.59 Å². The maximum atomic E-state index is 12.9. The zero-order chi connectivity index (χ0) is 19.9. The number of carbonyl (C=O) groups excluding carboxylic acids is 2. The van der Waals surface area contributed by atoms with Gasteiger partial charge in [0.2, 0.25) is 0 Å². The van der Waals surface area contributed by atoms with E-state index >= 15 is 0 Å². The number of urea groups is 1. The molecule has 1 aliphatic rings. The van der Waals surface area contributed by atoms with Gasteiger partial charge in [-0.15, -0.1) is 0 Å². The van der Waals surface area contributed by atoms with Crippen LogP contribution in [-0.4, -0.2) is 41.1 Å². The molecule has 1 aliphatic heterocycles. The number of benzene rings is 2. The molecule has 28 heavy (non-hydrogen) atoms. The molecule has 0 spiro atoms. The van der Waals surface area contributed by atoms with Crippen LogP contribution in [0.3, 0.4) is 0 Å². The Morgan fingerprint density at radius 1 is 0.964 bits per heavy atom. The van der Waals surface area contributed by atoms with Crippen molar-refractivity contribution in [3.63, 3.8) is 0 Å². The fraction of sp³-hybridized carbons (Fsp3) is 0.364. The van der Waals surface area contributed by atoms with Gasteiger partial charge in [0.15, 0.2) is 0 Å². The number of nitrogens with zero attached hydrogens (tertiary/aromatic N) is 2. The van der Waals surface area contributed by atoms with Crippen LogP contribution in [0.15, 0.2) is 60.7 Å². The maximum Gasteiger partial charge on any atom is 0.344 e. The van der Waals surface area contributed by atoms with Crippen molar-refractivity contribution in [3.8, 4) is 0 Å². The van der Waals surface area contributed by atoms with Gasteiger partial charge in [-0.3, -0.25) is 4.84 Å². The third-order valence-corrected chi connectivity index (χ3v) is 4.93. The van der Waals surface area contributed by atoms with Gasteiger partial charge < -0.3 is 9.64 Å². The molecule has 2 amide bonds. The Morgan fingerprint density at radius 2 is 1.54 bits per heavy atom. The first-order valence-electron chi connectivity index (χ1n) is 9.49. The van der Waals surface area contributed by atoms with Crippen LogP contribution in [0.4, 0.5) is 4.79 Å². The molecular formula is C22H26N2O4. The molecule has 0 radical (unpaired) electrons. The number of likely N-dealkylation sites (N-methyl/N-ethyl adjacent to an activating group) is 1. The fourth-order valence-corrected chi connectivity index (χ4v) is 3.19. The van der Waals surface area contributed by atoms with E-state index in [2.05, 4.69) is 0 Å². The lowest BCUT2D eigenvalue weighted by Crippen LogP contribution is -2.48. The van der Waals surface area contributed by atoms with Crippen LogP contribution < -0.4 is 0 Å². The van der Waals surface area contributed by atoms with Crippen molar-refractivity contribution in [1.82, 2.24) is 9.96 Å². The highest BCUT2D eigenvalue weighted by Crippen LogP contribution is 2.22. The van der Waals surface area contributed by atoms with Crippen molar-refractivity contribution in [2.75, 3.05) is 7.05 Å². The van der Waals surface area contributed by atoms with Gasteiger partial charge in [0.05, 0.1) is 6.04 Å². The summed E-state index contributed by atoms with van der Waals surface area (Å²) in [4.78, 5) is 32.7. The van der Waals surface area contributed by atoms with Crippen molar-refractivity contribution in [2.24, 2.45) is 0 Å². The summed E-state index contributed by atoms with van der Waals surface area (Å²) in [7, 11) is 1.62. The van der Waals surface area contributed by atoms with E-state index in [0.717, 1.165) is 11.1 Å². The molecule has 1 heterocycles. The monoisotopic (exact) mass is 382 g/mol. The highest BCUT2D eigenvalue weighted by Gasteiger charge is 2.37. The topological polar surface area (TPSA) is 59.1 Å². The highest BCUT2D eigenvalue weighted by atomic mass is 16.7. The summed E-state index contributed by atoms with van der Waals surface area (Å²) < 4.78 is 5.45. The SMILES string of the molecule is C[C@H]1CC[C@@H](C(=O)OCc2ccccc2)N(C)C(=O)N1OCc1ccccc1. The molecule has 0 saturated carbocycles. The molecule has 2 aromatic carbocycles.